The van der Waals surface area contributed by atoms with Gasteiger partial charge in [0.15, 0.2) is 5.13 Å². The van der Waals surface area contributed by atoms with E-state index in [1.807, 2.05) is 0 Å². The fourth-order valence-corrected chi connectivity index (χ4v) is 2.04. The van der Waals surface area contributed by atoms with Crippen LogP contribution < -0.4 is 5.32 Å². The molecular weight excluding hydrogens is 180 g/mol. The number of nitrogens with one attached hydrogen (secondary N) is 1. The first-order valence-electron chi connectivity index (χ1n) is 4.77. The molecule has 2 rings (SSSR count). The monoisotopic (exact) mass is 196 g/mol. The average molecular weight is 196 g/mol. The molecule has 0 aliphatic heterocycles. The van der Waals surface area contributed by atoms with Gasteiger partial charge in [-0.05, 0) is 32.1 Å². The number of aryl methyl sites for hydroxylation is 2. The Hall–Kier alpha value is -0.570. The predicted molar refractivity (Wildman–Crippen MR) is 57.4 cm³/mol. The Labute approximate surface area is 83.4 Å². The molecule has 2 nitrogen and oxygen atoms in total. The van der Waals surface area contributed by atoms with Gasteiger partial charge in [0.05, 0.1) is 5.69 Å². The smallest absolute Gasteiger partial charge is 0.183 e. The second-order valence-corrected chi connectivity index (χ2v) is 5.53. The summed E-state index contributed by atoms with van der Waals surface area (Å²) in [5.74, 6) is 0. The zero-order valence-corrected chi connectivity index (χ0v) is 9.29. The van der Waals surface area contributed by atoms with E-state index in [2.05, 4.69) is 31.1 Å². The van der Waals surface area contributed by atoms with Crippen molar-refractivity contribution < 1.29 is 0 Å². The van der Waals surface area contributed by atoms with E-state index in [-0.39, 0.29) is 0 Å². The zero-order valence-electron chi connectivity index (χ0n) is 8.48. The molecule has 1 aromatic rings. The first-order chi connectivity index (χ1) is 6.09. The van der Waals surface area contributed by atoms with Gasteiger partial charge in [-0.1, -0.05) is 6.92 Å². The Bertz CT molecular complexity index is 293. The molecule has 0 radical (unpaired) electrons. The van der Waals surface area contributed by atoms with Crippen LogP contribution >= 0.6 is 11.3 Å². The minimum absolute atomic E-state index is 0.563. The van der Waals surface area contributed by atoms with Gasteiger partial charge in [-0.15, -0.1) is 11.3 Å². The third-order valence-corrected chi connectivity index (χ3v) is 3.83. The lowest BCUT2D eigenvalue weighted by Crippen LogP contribution is -2.11. The van der Waals surface area contributed by atoms with Crippen LogP contribution in [0.2, 0.25) is 0 Å². The molecule has 0 amide bonds. The lowest BCUT2D eigenvalue weighted by molar-refractivity contribution is 0.610. The van der Waals surface area contributed by atoms with E-state index in [9.17, 15) is 0 Å². The second-order valence-electron chi connectivity index (χ2n) is 4.32. The number of rotatable bonds is 3. The third kappa shape index (κ3) is 2.02. The Morgan fingerprint density at radius 1 is 1.46 bits per heavy atom. The average Bonchev–Trinajstić information content (AvgIpc) is 2.72. The predicted octanol–water partition coefficient (Wildman–Crippen LogP) is 2.97. The van der Waals surface area contributed by atoms with Crippen molar-refractivity contribution in [2.24, 2.45) is 5.41 Å². The van der Waals surface area contributed by atoms with Gasteiger partial charge in [0.2, 0.25) is 0 Å². The minimum Gasteiger partial charge on any atom is -0.361 e. The maximum absolute atomic E-state index is 4.45. The molecule has 1 N–H and O–H groups in total. The van der Waals surface area contributed by atoms with Crippen LogP contribution in [0.1, 0.15) is 30.3 Å². The molecule has 1 fully saturated rings. The summed E-state index contributed by atoms with van der Waals surface area (Å²) in [5, 5.41) is 4.50. The highest BCUT2D eigenvalue weighted by molar-refractivity contribution is 7.15. The van der Waals surface area contributed by atoms with Gasteiger partial charge < -0.3 is 5.32 Å². The first kappa shape index (κ1) is 9.00. The van der Waals surface area contributed by atoms with E-state index >= 15 is 0 Å². The lowest BCUT2D eigenvalue weighted by atomic mass is 10.1. The Balaban J connectivity index is 1.94. The Morgan fingerprint density at radius 2 is 2.15 bits per heavy atom. The van der Waals surface area contributed by atoms with Crippen LogP contribution in [0.3, 0.4) is 0 Å². The number of aromatic nitrogens is 1. The summed E-state index contributed by atoms with van der Waals surface area (Å²) >= 11 is 1.76. The first-order valence-corrected chi connectivity index (χ1v) is 5.59. The number of hydrogen-bond donors (Lipinski definition) is 1. The summed E-state index contributed by atoms with van der Waals surface area (Å²) in [5.41, 5.74) is 1.72. The van der Waals surface area contributed by atoms with E-state index in [0.29, 0.717) is 5.41 Å². The third-order valence-electron chi connectivity index (χ3n) is 2.80. The highest BCUT2D eigenvalue weighted by Gasteiger charge is 2.36. The fraction of sp³-hybridized carbons (Fsp3) is 0.700. The van der Waals surface area contributed by atoms with Crippen molar-refractivity contribution in [1.29, 1.82) is 0 Å². The summed E-state index contributed by atoms with van der Waals surface area (Å²) in [7, 11) is 0. The number of hydrogen-bond acceptors (Lipinski definition) is 3. The maximum atomic E-state index is 4.45. The molecule has 1 saturated carbocycles. The molecular formula is C10H16N2S. The van der Waals surface area contributed by atoms with Crippen LogP contribution in [0.4, 0.5) is 5.13 Å². The molecule has 1 aromatic heterocycles. The van der Waals surface area contributed by atoms with Gasteiger partial charge in [-0.3, -0.25) is 0 Å². The molecule has 1 aliphatic rings. The van der Waals surface area contributed by atoms with Crippen molar-refractivity contribution in [3.63, 3.8) is 0 Å². The van der Waals surface area contributed by atoms with Crippen molar-refractivity contribution >= 4 is 16.5 Å². The highest BCUT2D eigenvalue weighted by atomic mass is 32.1. The van der Waals surface area contributed by atoms with Crippen LogP contribution in [-0.2, 0) is 0 Å². The van der Waals surface area contributed by atoms with E-state index in [4.69, 9.17) is 0 Å². The van der Waals surface area contributed by atoms with Gasteiger partial charge in [-0.25, -0.2) is 4.98 Å². The maximum Gasteiger partial charge on any atom is 0.183 e. The van der Waals surface area contributed by atoms with E-state index in [0.717, 1.165) is 17.4 Å². The molecule has 0 unspecified atom stereocenters. The van der Waals surface area contributed by atoms with Crippen molar-refractivity contribution in [2.45, 2.75) is 33.6 Å². The topological polar surface area (TPSA) is 24.9 Å². The standard InChI is InChI=1S/C10H16N2S/c1-7-8(2)13-9(12-7)11-6-10(3)4-5-10/h4-6H2,1-3H3,(H,11,12). The van der Waals surface area contributed by atoms with Crippen LogP contribution in [-0.4, -0.2) is 11.5 Å². The number of anilines is 1. The fourth-order valence-electron chi connectivity index (χ4n) is 1.23. The van der Waals surface area contributed by atoms with Crippen LogP contribution in [0, 0.1) is 19.3 Å². The molecule has 0 atom stereocenters. The second kappa shape index (κ2) is 2.98. The number of nitrogens with zero attached hydrogens (tertiary/aromatic N) is 1. The van der Waals surface area contributed by atoms with E-state index < -0.39 is 0 Å². The van der Waals surface area contributed by atoms with Crippen molar-refractivity contribution in [2.75, 3.05) is 11.9 Å². The molecule has 1 aliphatic carbocycles. The van der Waals surface area contributed by atoms with Gasteiger partial charge in [0, 0.05) is 11.4 Å². The summed E-state index contributed by atoms with van der Waals surface area (Å²) in [6.45, 7) is 7.60. The normalized spacial score (nSPS) is 18.7. The zero-order chi connectivity index (χ0) is 9.47. The van der Waals surface area contributed by atoms with Gasteiger partial charge >= 0.3 is 0 Å². The molecule has 0 spiro atoms. The van der Waals surface area contributed by atoms with Crippen LogP contribution in [0.15, 0.2) is 0 Å². The highest BCUT2D eigenvalue weighted by Crippen LogP contribution is 2.44. The van der Waals surface area contributed by atoms with Gasteiger partial charge in [0.25, 0.3) is 0 Å². The summed E-state index contributed by atoms with van der Waals surface area (Å²) in [6.07, 6.45) is 2.73. The summed E-state index contributed by atoms with van der Waals surface area (Å²) in [4.78, 5) is 5.77. The van der Waals surface area contributed by atoms with Crippen molar-refractivity contribution in [3.8, 4) is 0 Å². The molecule has 1 heterocycles. The van der Waals surface area contributed by atoms with E-state index in [1.165, 1.54) is 17.7 Å². The molecule has 0 bridgehead atoms. The summed E-state index contributed by atoms with van der Waals surface area (Å²) < 4.78 is 0. The van der Waals surface area contributed by atoms with Gasteiger partial charge in [-0.2, -0.15) is 0 Å². The molecule has 13 heavy (non-hydrogen) atoms. The Morgan fingerprint density at radius 3 is 2.62 bits per heavy atom. The van der Waals surface area contributed by atoms with Crippen LogP contribution in [0.5, 0.6) is 0 Å². The van der Waals surface area contributed by atoms with Crippen LogP contribution in [0.25, 0.3) is 0 Å². The minimum atomic E-state index is 0.563. The largest absolute Gasteiger partial charge is 0.361 e. The number of thiazole rings is 1. The summed E-state index contributed by atoms with van der Waals surface area (Å²) in [6, 6.07) is 0. The SMILES string of the molecule is Cc1nc(NCC2(C)CC2)sc1C. The molecule has 72 valence electrons. The quantitative estimate of drug-likeness (QED) is 0.804. The molecule has 3 heteroatoms. The molecule has 0 aromatic carbocycles. The van der Waals surface area contributed by atoms with E-state index in [1.54, 1.807) is 11.3 Å². The molecule has 0 saturated heterocycles. The lowest BCUT2D eigenvalue weighted by Gasteiger charge is -2.07. The Kier molecular flexibility index (Phi) is 2.06. The van der Waals surface area contributed by atoms with Gasteiger partial charge in [0.1, 0.15) is 0 Å². The van der Waals surface area contributed by atoms with Crippen molar-refractivity contribution in [1.82, 2.24) is 4.98 Å². The van der Waals surface area contributed by atoms with Crippen molar-refractivity contribution in [3.05, 3.63) is 10.6 Å².